The van der Waals surface area contributed by atoms with Crippen molar-refractivity contribution < 1.29 is 9.90 Å². The monoisotopic (exact) mass is 144 g/mol. The molecule has 1 heterocycles. The summed E-state index contributed by atoms with van der Waals surface area (Å²) in [5.41, 5.74) is 0. The van der Waals surface area contributed by atoms with E-state index >= 15 is 0 Å². The van der Waals surface area contributed by atoms with Crippen molar-refractivity contribution in [2.24, 2.45) is 0 Å². The van der Waals surface area contributed by atoms with Crippen LogP contribution in [0.4, 0.5) is 0 Å². The van der Waals surface area contributed by atoms with Gasteiger partial charge in [0.1, 0.15) is 6.04 Å². The Hall–Kier alpha value is -0.610. The lowest BCUT2D eigenvalue weighted by atomic mass is 10.3. The molecule has 1 atom stereocenters. The van der Waals surface area contributed by atoms with Crippen LogP contribution in [-0.4, -0.2) is 36.8 Å². The van der Waals surface area contributed by atoms with Gasteiger partial charge in [0.2, 0.25) is 0 Å². The second-order valence-electron chi connectivity index (χ2n) is 2.40. The van der Waals surface area contributed by atoms with E-state index in [1.807, 2.05) is 0 Å². The highest BCUT2D eigenvalue weighted by molar-refractivity contribution is 5.73. The fraction of sp³-hybridized carbons (Fsp3) is 0.833. The van der Waals surface area contributed by atoms with Gasteiger partial charge in [-0.05, 0) is 19.5 Å². The normalized spacial score (nSPS) is 27.4. The van der Waals surface area contributed by atoms with Crippen molar-refractivity contribution in [2.45, 2.75) is 12.5 Å². The van der Waals surface area contributed by atoms with Crippen LogP contribution < -0.4 is 10.6 Å². The standard InChI is InChI=1S/C6H12N2O2/c9-6(10)5-4-7-2-1-3-8-5/h5,7-8H,1-4H2,(H,9,10)/t5-/m1/s1. The Morgan fingerprint density at radius 1 is 1.50 bits per heavy atom. The third-order valence-corrected chi connectivity index (χ3v) is 1.57. The van der Waals surface area contributed by atoms with Crippen LogP contribution in [0, 0.1) is 0 Å². The lowest BCUT2D eigenvalue weighted by Gasteiger charge is -2.08. The predicted molar refractivity (Wildman–Crippen MR) is 36.9 cm³/mol. The summed E-state index contributed by atoms with van der Waals surface area (Å²) in [4.78, 5) is 10.4. The first-order valence-corrected chi connectivity index (χ1v) is 3.47. The van der Waals surface area contributed by atoms with Gasteiger partial charge in [0, 0.05) is 6.54 Å². The Kier molecular flexibility index (Phi) is 2.65. The van der Waals surface area contributed by atoms with E-state index in [2.05, 4.69) is 10.6 Å². The Bertz CT molecular complexity index is 119. The number of hydrogen-bond donors (Lipinski definition) is 3. The summed E-state index contributed by atoms with van der Waals surface area (Å²) < 4.78 is 0. The maximum absolute atomic E-state index is 10.4. The van der Waals surface area contributed by atoms with E-state index in [1.165, 1.54) is 0 Å². The maximum Gasteiger partial charge on any atom is 0.322 e. The van der Waals surface area contributed by atoms with Crippen LogP contribution in [0.1, 0.15) is 6.42 Å². The van der Waals surface area contributed by atoms with Crippen molar-refractivity contribution >= 4 is 5.97 Å². The molecule has 0 bridgehead atoms. The number of hydrogen-bond acceptors (Lipinski definition) is 3. The highest BCUT2D eigenvalue weighted by Gasteiger charge is 2.17. The molecule has 4 heteroatoms. The van der Waals surface area contributed by atoms with Crippen LogP contribution in [0.15, 0.2) is 0 Å². The van der Waals surface area contributed by atoms with Crippen molar-refractivity contribution in [2.75, 3.05) is 19.6 Å². The van der Waals surface area contributed by atoms with Gasteiger partial charge in [-0.25, -0.2) is 0 Å². The lowest BCUT2D eigenvalue weighted by molar-refractivity contribution is -0.139. The van der Waals surface area contributed by atoms with Gasteiger partial charge in [-0.15, -0.1) is 0 Å². The molecule has 1 fully saturated rings. The third-order valence-electron chi connectivity index (χ3n) is 1.57. The molecule has 0 aromatic carbocycles. The number of carboxylic acids is 1. The quantitative estimate of drug-likeness (QED) is 0.443. The Balaban J connectivity index is 2.35. The van der Waals surface area contributed by atoms with E-state index in [-0.39, 0.29) is 0 Å². The van der Waals surface area contributed by atoms with E-state index in [0.29, 0.717) is 6.54 Å². The van der Waals surface area contributed by atoms with E-state index < -0.39 is 12.0 Å². The summed E-state index contributed by atoms with van der Waals surface area (Å²) in [6.45, 7) is 2.25. The van der Waals surface area contributed by atoms with Gasteiger partial charge < -0.3 is 15.7 Å². The first-order chi connectivity index (χ1) is 4.80. The molecule has 0 aliphatic carbocycles. The number of aliphatic carboxylic acids is 1. The molecule has 0 saturated carbocycles. The van der Waals surface area contributed by atoms with Crippen LogP contribution in [-0.2, 0) is 4.79 Å². The molecule has 4 nitrogen and oxygen atoms in total. The minimum Gasteiger partial charge on any atom is -0.480 e. The van der Waals surface area contributed by atoms with E-state index in [0.717, 1.165) is 19.5 Å². The van der Waals surface area contributed by atoms with Gasteiger partial charge in [0.25, 0.3) is 0 Å². The van der Waals surface area contributed by atoms with Gasteiger partial charge in [-0.3, -0.25) is 4.79 Å². The van der Waals surface area contributed by atoms with Crippen LogP contribution in [0.5, 0.6) is 0 Å². The minimum absolute atomic E-state index is 0.400. The van der Waals surface area contributed by atoms with E-state index in [9.17, 15) is 4.79 Å². The molecule has 0 aromatic rings. The van der Waals surface area contributed by atoms with Crippen molar-refractivity contribution in [3.8, 4) is 0 Å². The van der Waals surface area contributed by atoms with Crippen molar-refractivity contribution in [1.82, 2.24) is 10.6 Å². The van der Waals surface area contributed by atoms with Crippen LogP contribution in [0.25, 0.3) is 0 Å². The molecule has 1 saturated heterocycles. The molecule has 0 amide bonds. The fourth-order valence-electron chi connectivity index (χ4n) is 0.983. The van der Waals surface area contributed by atoms with Gasteiger partial charge in [0.15, 0.2) is 0 Å². The molecular weight excluding hydrogens is 132 g/mol. The van der Waals surface area contributed by atoms with Crippen molar-refractivity contribution in [3.05, 3.63) is 0 Å². The Morgan fingerprint density at radius 3 is 3.00 bits per heavy atom. The van der Waals surface area contributed by atoms with Crippen LogP contribution in [0.3, 0.4) is 0 Å². The number of carboxylic acid groups (broad SMARTS) is 1. The molecule has 0 aromatic heterocycles. The lowest BCUT2D eigenvalue weighted by Crippen LogP contribution is -2.41. The molecule has 3 N–H and O–H groups in total. The Labute approximate surface area is 59.6 Å². The molecule has 10 heavy (non-hydrogen) atoms. The highest BCUT2D eigenvalue weighted by atomic mass is 16.4. The summed E-state index contributed by atoms with van der Waals surface area (Å²) in [6.07, 6.45) is 1.00. The zero-order valence-electron chi connectivity index (χ0n) is 5.76. The highest BCUT2D eigenvalue weighted by Crippen LogP contribution is 1.88. The summed E-state index contributed by atoms with van der Waals surface area (Å²) in [5, 5.41) is 14.5. The summed E-state index contributed by atoms with van der Waals surface area (Å²) in [5.74, 6) is -0.769. The molecule has 1 rings (SSSR count). The smallest absolute Gasteiger partial charge is 0.322 e. The molecule has 0 unspecified atom stereocenters. The van der Waals surface area contributed by atoms with Crippen LogP contribution >= 0.6 is 0 Å². The zero-order valence-corrected chi connectivity index (χ0v) is 5.76. The molecule has 58 valence electrons. The van der Waals surface area contributed by atoms with Crippen molar-refractivity contribution in [1.29, 1.82) is 0 Å². The molecule has 1 aliphatic heterocycles. The average Bonchev–Trinajstić information content (AvgIpc) is 2.12. The second-order valence-corrected chi connectivity index (χ2v) is 2.40. The largest absolute Gasteiger partial charge is 0.480 e. The fourth-order valence-corrected chi connectivity index (χ4v) is 0.983. The Morgan fingerprint density at radius 2 is 2.30 bits per heavy atom. The van der Waals surface area contributed by atoms with Gasteiger partial charge >= 0.3 is 5.97 Å². The van der Waals surface area contributed by atoms with Crippen LogP contribution in [0.2, 0.25) is 0 Å². The van der Waals surface area contributed by atoms with Gasteiger partial charge in [-0.1, -0.05) is 0 Å². The molecular formula is C6H12N2O2. The first kappa shape index (κ1) is 7.50. The average molecular weight is 144 g/mol. The predicted octanol–water partition coefficient (Wildman–Crippen LogP) is -0.977. The van der Waals surface area contributed by atoms with E-state index in [4.69, 9.17) is 5.11 Å². The van der Waals surface area contributed by atoms with Gasteiger partial charge in [0.05, 0.1) is 0 Å². The topological polar surface area (TPSA) is 61.4 Å². The SMILES string of the molecule is O=C(O)[C@H]1CNCCCN1. The summed E-state index contributed by atoms with van der Waals surface area (Å²) >= 11 is 0. The second kappa shape index (κ2) is 3.53. The van der Waals surface area contributed by atoms with Crippen molar-refractivity contribution in [3.63, 3.8) is 0 Å². The maximum atomic E-state index is 10.4. The third kappa shape index (κ3) is 1.97. The number of carbonyl (C=O) groups is 1. The summed E-state index contributed by atoms with van der Waals surface area (Å²) in [7, 11) is 0. The molecule has 0 spiro atoms. The molecule has 0 radical (unpaired) electrons. The first-order valence-electron chi connectivity index (χ1n) is 3.47. The zero-order chi connectivity index (χ0) is 7.40. The van der Waals surface area contributed by atoms with Gasteiger partial charge in [-0.2, -0.15) is 0 Å². The summed E-state index contributed by atoms with van der Waals surface area (Å²) in [6, 6.07) is -0.400. The number of rotatable bonds is 1. The molecule has 1 aliphatic rings. The number of nitrogens with one attached hydrogen (secondary N) is 2. The minimum atomic E-state index is -0.769. The van der Waals surface area contributed by atoms with E-state index in [1.54, 1.807) is 0 Å².